The Morgan fingerprint density at radius 3 is 2.75 bits per heavy atom. The zero-order valence-electron chi connectivity index (χ0n) is 20.9. The molecule has 3 aliphatic heterocycles. The normalized spacial score (nSPS) is 33.6. The molecule has 1 aromatic carbocycles. The van der Waals surface area contributed by atoms with Crippen LogP contribution < -0.4 is 5.32 Å². The quantitative estimate of drug-likeness (QED) is 0.618. The van der Waals surface area contributed by atoms with E-state index in [9.17, 15) is 9.90 Å². The molecule has 8 heteroatoms. The van der Waals surface area contributed by atoms with Crippen molar-refractivity contribution in [3.8, 4) is 0 Å². The largest absolute Gasteiger partial charge is 0.389 e. The van der Waals surface area contributed by atoms with E-state index >= 15 is 0 Å². The number of halogens is 1. The Morgan fingerprint density at radius 1 is 1.19 bits per heavy atom. The topological polar surface area (TPSA) is 83.9 Å². The number of nitrogens with one attached hydrogen (secondary N) is 1. The maximum atomic E-state index is 12.9. The van der Waals surface area contributed by atoms with Crippen LogP contribution in [0.25, 0.3) is 10.8 Å². The molecule has 1 aliphatic carbocycles. The van der Waals surface area contributed by atoms with Crippen molar-refractivity contribution in [3.05, 3.63) is 35.0 Å². The number of rotatable bonds is 5. The summed E-state index contributed by atoms with van der Waals surface area (Å²) < 4.78 is 11.4. The number of hydrogen-bond acceptors (Lipinski definition) is 6. The van der Waals surface area contributed by atoms with Crippen LogP contribution in [-0.4, -0.2) is 71.6 Å². The molecule has 0 bridgehead atoms. The van der Waals surface area contributed by atoms with Crippen LogP contribution in [0.3, 0.4) is 0 Å². The molecule has 3 saturated heterocycles. The Balaban J connectivity index is 1.13. The first-order chi connectivity index (χ1) is 17.4. The van der Waals surface area contributed by atoms with Crippen molar-refractivity contribution in [1.82, 2.24) is 9.88 Å². The zero-order valence-corrected chi connectivity index (χ0v) is 21.7. The standard InChI is InChI=1S/C28H36ClN3O4/c1-28(16-35-15-25(28)33)32-7-5-17(6-8-32)20-10-18-12-26(30-14-19(18)11-23(20)29)31-27(34)22-13-21(22)24-4-2-3-9-36-24/h10-12,14,17,21-22,24-25,33H,2-9,13,15-16H2,1H3,(H,30,31,34). The van der Waals surface area contributed by atoms with Crippen molar-refractivity contribution < 1.29 is 19.4 Å². The van der Waals surface area contributed by atoms with Gasteiger partial charge in [-0.15, -0.1) is 0 Å². The summed E-state index contributed by atoms with van der Waals surface area (Å²) in [5.74, 6) is 1.38. The van der Waals surface area contributed by atoms with E-state index in [1.54, 1.807) is 6.20 Å². The summed E-state index contributed by atoms with van der Waals surface area (Å²) in [5, 5.41) is 16.2. The van der Waals surface area contributed by atoms with Crippen LogP contribution in [-0.2, 0) is 14.3 Å². The molecule has 6 rings (SSSR count). The summed E-state index contributed by atoms with van der Waals surface area (Å²) in [5.41, 5.74) is 0.845. The Morgan fingerprint density at radius 2 is 2.03 bits per heavy atom. The fourth-order valence-corrected chi connectivity index (χ4v) is 6.80. The first-order valence-electron chi connectivity index (χ1n) is 13.4. The number of ether oxygens (including phenoxy) is 2. The van der Waals surface area contributed by atoms with Crippen LogP contribution in [0.1, 0.15) is 56.9 Å². The molecule has 1 saturated carbocycles. The van der Waals surface area contributed by atoms with E-state index in [-0.39, 0.29) is 23.5 Å². The first-order valence-corrected chi connectivity index (χ1v) is 13.8. The second-order valence-electron chi connectivity index (χ2n) is 11.3. The molecule has 1 amide bonds. The van der Waals surface area contributed by atoms with Crippen molar-refractivity contribution in [3.63, 3.8) is 0 Å². The van der Waals surface area contributed by atoms with E-state index in [1.165, 1.54) is 6.42 Å². The maximum absolute atomic E-state index is 12.9. The molecule has 2 N–H and O–H groups in total. The number of aliphatic hydroxyl groups excluding tert-OH is 1. The fourth-order valence-electron chi connectivity index (χ4n) is 6.47. The van der Waals surface area contributed by atoms with Crippen molar-refractivity contribution in [2.24, 2.45) is 11.8 Å². The van der Waals surface area contributed by atoms with Crippen LogP contribution in [0.5, 0.6) is 0 Å². The molecule has 7 nitrogen and oxygen atoms in total. The van der Waals surface area contributed by atoms with Crippen LogP contribution >= 0.6 is 11.6 Å². The highest BCUT2D eigenvalue weighted by molar-refractivity contribution is 6.32. The summed E-state index contributed by atoms with van der Waals surface area (Å²) >= 11 is 6.73. The highest BCUT2D eigenvalue weighted by atomic mass is 35.5. The highest BCUT2D eigenvalue weighted by Gasteiger charge is 2.48. The van der Waals surface area contributed by atoms with E-state index in [2.05, 4.69) is 28.2 Å². The minimum absolute atomic E-state index is 0.0298. The average Bonchev–Trinajstić information content (AvgIpc) is 3.63. The molecule has 5 atom stereocenters. The summed E-state index contributed by atoms with van der Waals surface area (Å²) in [6, 6.07) is 6.12. The molecule has 4 heterocycles. The monoisotopic (exact) mass is 513 g/mol. The van der Waals surface area contributed by atoms with Crippen molar-refractivity contribution in [2.75, 3.05) is 38.2 Å². The molecule has 0 spiro atoms. The number of aliphatic hydroxyl groups is 1. The van der Waals surface area contributed by atoms with Crippen molar-refractivity contribution >= 4 is 34.1 Å². The number of benzene rings is 1. The number of likely N-dealkylation sites (tertiary alicyclic amines) is 1. The van der Waals surface area contributed by atoms with E-state index in [4.69, 9.17) is 21.1 Å². The summed E-state index contributed by atoms with van der Waals surface area (Å²) in [6.45, 7) is 5.72. The lowest BCUT2D eigenvalue weighted by molar-refractivity contribution is -0.118. The minimum atomic E-state index is -0.444. The Labute approximate surface area is 217 Å². The van der Waals surface area contributed by atoms with Gasteiger partial charge in [0.2, 0.25) is 5.91 Å². The molecular weight excluding hydrogens is 478 g/mol. The molecule has 36 heavy (non-hydrogen) atoms. The van der Waals surface area contributed by atoms with Gasteiger partial charge in [-0.2, -0.15) is 0 Å². The zero-order chi connectivity index (χ0) is 24.9. The number of anilines is 1. The van der Waals surface area contributed by atoms with E-state index in [0.717, 1.165) is 73.2 Å². The third kappa shape index (κ3) is 4.65. The molecule has 0 radical (unpaired) electrons. The molecule has 5 unspecified atom stereocenters. The maximum Gasteiger partial charge on any atom is 0.229 e. The van der Waals surface area contributed by atoms with Gasteiger partial charge < -0.3 is 19.9 Å². The molecular formula is C28H36ClN3O4. The van der Waals surface area contributed by atoms with Crippen LogP contribution in [0.15, 0.2) is 24.4 Å². The van der Waals surface area contributed by atoms with Gasteiger partial charge in [0.05, 0.1) is 31.0 Å². The molecule has 194 valence electrons. The number of amides is 1. The van der Waals surface area contributed by atoms with Gasteiger partial charge in [0.25, 0.3) is 0 Å². The number of nitrogens with zero attached hydrogens (tertiary/aromatic N) is 2. The Bertz CT molecular complexity index is 1130. The third-order valence-corrected chi connectivity index (χ3v) is 9.33. The first kappa shape index (κ1) is 24.6. The van der Waals surface area contributed by atoms with E-state index in [1.807, 2.05) is 12.1 Å². The lowest BCUT2D eigenvalue weighted by Crippen LogP contribution is -2.56. The predicted octanol–water partition coefficient (Wildman–Crippen LogP) is 4.36. The van der Waals surface area contributed by atoms with Crippen LogP contribution in [0, 0.1) is 11.8 Å². The lowest BCUT2D eigenvalue weighted by atomic mass is 9.85. The number of carbonyl (C=O) groups is 1. The van der Waals surface area contributed by atoms with E-state index < -0.39 is 6.10 Å². The highest BCUT2D eigenvalue weighted by Crippen LogP contribution is 2.45. The number of aromatic nitrogens is 1. The van der Waals surface area contributed by atoms with Crippen molar-refractivity contribution in [2.45, 2.75) is 69.1 Å². The van der Waals surface area contributed by atoms with Gasteiger partial charge in [-0.25, -0.2) is 4.98 Å². The summed E-state index contributed by atoms with van der Waals surface area (Å²) in [7, 11) is 0. The smallest absolute Gasteiger partial charge is 0.229 e. The van der Waals surface area contributed by atoms with E-state index in [0.29, 0.717) is 30.9 Å². The number of piperidine rings is 1. The van der Waals surface area contributed by atoms with Gasteiger partial charge in [0.15, 0.2) is 0 Å². The fraction of sp³-hybridized carbons (Fsp3) is 0.643. The Hall–Kier alpha value is -1.77. The average molecular weight is 514 g/mol. The second-order valence-corrected chi connectivity index (χ2v) is 11.7. The predicted molar refractivity (Wildman–Crippen MR) is 139 cm³/mol. The Kier molecular flexibility index (Phi) is 6.71. The SMILES string of the molecule is CC1(N2CCC(c3cc4cc(NC(=O)C5CC5C5CCCCO5)ncc4cc3Cl)CC2)COCC1O. The number of pyridine rings is 1. The van der Waals surface area contributed by atoms with Crippen LogP contribution in [0.2, 0.25) is 5.02 Å². The van der Waals surface area contributed by atoms with Gasteiger partial charge in [-0.3, -0.25) is 9.69 Å². The molecule has 1 aromatic heterocycles. The number of hydrogen-bond donors (Lipinski definition) is 2. The van der Waals surface area contributed by atoms with Gasteiger partial charge in [0.1, 0.15) is 5.82 Å². The van der Waals surface area contributed by atoms with Crippen molar-refractivity contribution in [1.29, 1.82) is 0 Å². The number of fused-ring (bicyclic) bond motifs is 1. The summed E-state index contributed by atoms with van der Waals surface area (Å²) in [4.78, 5) is 19.7. The lowest BCUT2D eigenvalue weighted by Gasteiger charge is -2.43. The van der Waals surface area contributed by atoms with Gasteiger partial charge in [0, 0.05) is 29.1 Å². The molecule has 2 aromatic rings. The van der Waals surface area contributed by atoms with Crippen LogP contribution in [0.4, 0.5) is 5.82 Å². The summed E-state index contributed by atoms with van der Waals surface area (Å²) in [6.07, 6.45) is 7.85. The van der Waals surface area contributed by atoms with Gasteiger partial charge in [-0.05, 0) is 99.5 Å². The molecule has 4 fully saturated rings. The second kappa shape index (κ2) is 9.84. The van der Waals surface area contributed by atoms with Gasteiger partial charge in [-0.1, -0.05) is 11.6 Å². The van der Waals surface area contributed by atoms with Gasteiger partial charge >= 0.3 is 0 Å². The number of carbonyl (C=O) groups excluding carboxylic acids is 1. The third-order valence-electron chi connectivity index (χ3n) is 9.00. The minimum Gasteiger partial charge on any atom is -0.389 e. The molecule has 4 aliphatic rings.